The van der Waals surface area contributed by atoms with Crippen LogP contribution in [0.3, 0.4) is 0 Å². The zero-order chi connectivity index (χ0) is 13.8. The average Bonchev–Trinajstić information content (AvgIpc) is 2.41. The lowest BCUT2D eigenvalue weighted by Gasteiger charge is -2.09. The number of ether oxygens (including phenoxy) is 2. The second-order valence-corrected chi connectivity index (χ2v) is 4.99. The fourth-order valence-corrected chi connectivity index (χ4v) is 2.24. The largest absolute Gasteiger partial charge is 0.496 e. The van der Waals surface area contributed by atoms with Crippen molar-refractivity contribution in [1.29, 1.82) is 0 Å². The molecule has 0 aliphatic heterocycles. The van der Waals surface area contributed by atoms with Crippen molar-refractivity contribution in [3.8, 4) is 11.5 Å². The van der Waals surface area contributed by atoms with Crippen LogP contribution in [0.15, 0.2) is 46.9 Å². The van der Waals surface area contributed by atoms with Crippen molar-refractivity contribution in [2.45, 2.75) is 0 Å². The first-order chi connectivity index (χ1) is 9.11. The van der Waals surface area contributed by atoms with Gasteiger partial charge in [0.15, 0.2) is 0 Å². The van der Waals surface area contributed by atoms with Crippen molar-refractivity contribution in [2.24, 2.45) is 0 Å². The van der Waals surface area contributed by atoms with E-state index in [9.17, 15) is 4.79 Å². The summed E-state index contributed by atoms with van der Waals surface area (Å²) in [4.78, 5) is 12.1. The predicted octanol–water partition coefficient (Wildman–Crippen LogP) is 4.33. The lowest BCUT2D eigenvalue weighted by atomic mass is 10.2. The minimum Gasteiger partial charge on any atom is -0.496 e. The highest BCUT2D eigenvalue weighted by Crippen LogP contribution is 2.29. The van der Waals surface area contributed by atoms with Gasteiger partial charge in [-0.25, -0.2) is 4.79 Å². The lowest BCUT2D eigenvalue weighted by molar-refractivity contribution is 0.0731. The Morgan fingerprint density at radius 3 is 2.58 bits per heavy atom. The minimum absolute atomic E-state index is 0.306. The third-order valence-corrected chi connectivity index (χ3v) is 3.21. The molecule has 0 fully saturated rings. The molecule has 2 aromatic carbocycles. The summed E-state index contributed by atoms with van der Waals surface area (Å²) in [5, 5.41) is 0.359. The molecule has 0 aliphatic carbocycles. The molecule has 0 atom stereocenters. The maximum absolute atomic E-state index is 12.1. The predicted molar refractivity (Wildman–Crippen MR) is 77.1 cm³/mol. The summed E-state index contributed by atoms with van der Waals surface area (Å²) < 4.78 is 11.2. The summed E-state index contributed by atoms with van der Waals surface area (Å²) in [6, 6.07) is 11.9. The second kappa shape index (κ2) is 6.08. The van der Waals surface area contributed by atoms with E-state index in [0.717, 1.165) is 4.47 Å². The van der Waals surface area contributed by atoms with Gasteiger partial charge < -0.3 is 9.47 Å². The Morgan fingerprint density at radius 2 is 1.89 bits per heavy atom. The van der Waals surface area contributed by atoms with Crippen molar-refractivity contribution in [3.05, 3.63) is 57.5 Å². The van der Waals surface area contributed by atoms with E-state index < -0.39 is 5.97 Å². The summed E-state index contributed by atoms with van der Waals surface area (Å²) >= 11 is 9.28. The van der Waals surface area contributed by atoms with Crippen molar-refractivity contribution in [3.63, 3.8) is 0 Å². The molecule has 3 nitrogen and oxygen atoms in total. The van der Waals surface area contributed by atoms with Gasteiger partial charge in [0, 0.05) is 4.47 Å². The summed E-state index contributed by atoms with van der Waals surface area (Å²) in [7, 11) is 1.50. The fraction of sp³-hybridized carbons (Fsp3) is 0.0714. The van der Waals surface area contributed by atoms with Gasteiger partial charge in [0.05, 0.1) is 12.1 Å². The van der Waals surface area contributed by atoms with E-state index in [4.69, 9.17) is 21.1 Å². The first-order valence-electron chi connectivity index (χ1n) is 5.42. The molecule has 0 heterocycles. The topological polar surface area (TPSA) is 35.5 Å². The van der Waals surface area contributed by atoms with Crippen molar-refractivity contribution in [2.75, 3.05) is 7.11 Å². The quantitative estimate of drug-likeness (QED) is 0.616. The maximum atomic E-state index is 12.1. The highest BCUT2D eigenvalue weighted by molar-refractivity contribution is 9.10. The molecule has 0 spiro atoms. The molecule has 0 unspecified atom stereocenters. The van der Waals surface area contributed by atoms with Crippen LogP contribution >= 0.6 is 27.5 Å². The third kappa shape index (κ3) is 3.28. The smallest absolute Gasteiger partial charge is 0.347 e. The molecule has 0 N–H and O–H groups in total. The van der Waals surface area contributed by atoms with Crippen LogP contribution in [-0.4, -0.2) is 13.1 Å². The number of benzene rings is 2. The normalized spacial score (nSPS) is 10.1. The SMILES string of the molecule is COc1ccccc1C(=O)Oc1ccc(Br)cc1Cl. The summed E-state index contributed by atoms with van der Waals surface area (Å²) in [6.45, 7) is 0. The number of carbonyl (C=O) groups is 1. The third-order valence-electron chi connectivity index (χ3n) is 2.42. The van der Waals surface area contributed by atoms with Crippen LogP contribution in [0, 0.1) is 0 Å². The summed E-state index contributed by atoms with van der Waals surface area (Å²) in [6.07, 6.45) is 0. The number of esters is 1. The van der Waals surface area contributed by atoms with E-state index in [1.165, 1.54) is 7.11 Å². The first kappa shape index (κ1) is 13.9. The molecular weight excluding hydrogens is 332 g/mol. The second-order valence-electron chi connectivity index (χ2n) is 3.66. The van der Waals surface area contributed by atoms with Crippen LogP contribution in [-0.2, 0) is 0 Å². The van der Waals surface area contributed by atoms with Gasteiger partial charge in [-0.3, -0.25) is 0 Å². The standard InChI is InChI=1S/C14H10BrClO3/c1-18-12-5-3-2-4-10(12)14(17)19-13-7-6-9(15)8-11(13)16/h2-8H,1H3. The number of hydrogen-bond donors (Lipinski definition) is 0. The monoisotopic (exact) mass is 340 g/mol. The summed E-state index contributed by atoms with van der Waals surface area (Å²) in [5.74, 6) is 0.253. The van der Waals surface area contributed by atoms with Gasteiger partial charge in [-0.1, -0.05) is 39.7 Å². The molecule has 0 amide bonds. The molecule has 5 heteroatoms. The van der Waals surface area contributed by atoms with Gasteiger partial charge in [0.1, 0.15) is 17.1 Å². The van der Waals surface area contributed by atoms with Crippen molar-refractivity contribution >= 4 is 33.5 Å². The van der Waals surface area contributed by atoms with E-state index in [2.05, 4.69) is 15.9 Å². The van der Waals surface area contributed by atoms with Gasteiger partial charge in [-0.2, -0.15) is 0 Å². The van der Waals surface area contributed by atoms with Crippen LogP contribution in [0.4, 0.5) is 0 Å². The number of carbonyl (C=O) groups excluding carboxylic acids is 1. The molecule has 2 aromatic rings. The molecule has 0 radical (unpaired) electrons. The Bertz CT molecular complexity index is 613. The number of rotatable bonds is 3. The van der Waals surface area contributed by atoms with Crippen LogP contribution in [0.5, 0.6) is 11.5 Å². The van der Waals surface area contributed by atoms with E-state index in [0.29, 0.717) is 22.1 Å². The van der Waals surface area contributed by atoms with E-state index in [-0.39, 0.29) is 0 Å². The first-order valence-corrected chi connectivity index (χ1v) is 6.59. The van der Waals surface area contributed by atoms with Gasteiger partial charge in [0.2, 0.25) is 0 Å². The molecule has 0 aromatic heterocycles. The van der Waals surface area contributed by atoms with Crippen LogP contribution in [0.25, 0.3) is 0 Å². The van der Waals surface area contributed by atoms with Crippen molar-refractivity contribution in [1.82, 2.24) is 0 Å². The fourth-order valence-electron chi connectivity index (χ4n) is 1.53. The molecular formula is C14H10BrClO3. The number of para-hydroxylation sites is 1. The molecule has 2 rings (SSSR count). The van der Waals surface area contributed by atoms with Gasteiger partial charge in [-0.05, 0) is 30.3 Å². The molecule has 0 aliphatic rings. The highest BCUT2D eigenvalue weighted by Gasteiger charge is 2.15. The molecule has 0 saturated carbocycles. The van der Waals surface area contributed by atoms with E-state index >= 15 is 0 Å². The molecule has 0 saturated heterocycles. The van der Waals surface area contributed by atoms with Crippen molar-refractivity contribution < 1.29 is 14.3 Å². The number of hydrogen-bond acceptors (Lipinski definition) is 3. The van der Waals surface area contributed by atoms with Crippen LogP contribution < -0.4 is 9.47 Å². The number of methoxy groups -OCH3 is 1. The Morgan fingerprint density at radius 1 is 1.16 bits per heavy atom. The molecule has 98 valence electrons. The van der Waals surface area contributed by atoms with Gasteiger partial charge >= 0.3 is 5.97 Å². The van der Waals surface area contributed by atoms with E-state index in [1.54, 1.807) is 42.5 Å². The zero-order valence-corrected chi connectivity index (χ0v) is 12.4. The lowest BCUT2D eigenvalue weighted by Crippen LogP contribution is -2.10. The van der Waals surface area contributed by atoms with E-state index in [1.807, 2.05) is 0 Å². The van der Waals surface area contributed by atoms with Crippen LogP contribution in [0.1, 0.15) is 10.4 Å². The highest BCUT2D eigenvalue weighted by atomic mass is 79.9. The maximum Gasteiger partial charge on any atom is 0.347 e. The Hall–Kier alpha value is -1.52. The number of halogens is 2. The molecule has 0 bridgehead atoms. The summed E-state index contributed by atoms with van der Waals surface area (Å²) in [5.41, 5.74) is 0.351. The Kier molecular flexibility index (Phi) is 4.45. The van der Waals surface area contributed by atoms with Crippen LogP contribution in [0.2, 0.25) is 5.02 Å². The van der Waals surface area contributed by atoms with Gasteiger partial charge in [0.25, 0.3) is 0 Å². The molecule has 19 heavy (non-hydrogen) atoms. The Labute approximate surface area is 124 Å². The minimum atomic E-state index is -0.512. The average molecular weight is 342 g/mol. The van der Waals surface area contributed by atoms with Gasteiger partial charge in [-0.15, -0.1) is 0 Å². The zero-order valence-electron chi connectivity index (χ0n) is 10.0. The Balaban J connectivity index is 2.26.